The molecule has 0 aliphatic carbocycles. The van der Waals surface area contributed by atoms with Gasteiger partial charge in [-0.15, -0.1) is 0 Å². The minimum atomic E-state index is -0.529. The number of hydrogen-bond acceptors (Lipinski definition) is 4. The minimum Gasteiger partial charge on any atom is -0.271 e. The van der Waals surface area contributed by atoms with E-state index in [2.05, 4.69) is 15.9 Å². The molecule has 96 valence electrons. The smallest absolute Gasteiger partial charge is 0.271 e. The van der Waals surface area contributed by atoms with Gasteiger partial charge in [0.15, 0.2) is 0 Å². The highest BCUT2D eigenvalue weighted by Crippen LogP contribution is 2.23. The van der Waals surface area contributed by atoms with Crippen LogP contribution in [0.25, 0.3) is 0 Å². The van der Waals surface area contributed by atoms with Gasteiger partial charge in [0.25, 0.3) is 11.6 Å². The van der Waals surface area contributed by atoms with E-state index in [4.69, 9.17) is 4.84 Å². The number of hydrogen-bond donors (Lipinski definition) is 0. The van der Waals surface area contributed by atoms with Crippen molar-refractivity contribution in [1.29, 1.82) is 0 Å². The van der Waals surface area contributed by atoms with E-state index in [0.717, 1.165) is 12.8 Å². The summed E-state index contributed by atoms with van der Waals surface area (Å²) < 4.78 is 0.497. The Balaban J connectivity index is 2.26. The second-order valence-corrected chi connectivity index (χ2v) is 4.82. The van der Waals surface area contributed by atoms with Crippen molar-refractivity contribution in [2.24, 2.45) is 0 Å². The molecule has 1 aliphatic rings. The predicted octanol–water partition coefficient (Wildman–Crippen LogP) is 2.52. The van der Waals surface area contributed by atoms with Gasteiger partial charge in [-0.25, -0.2) is 5.06 Å². The summed E-state index contributed by atoms with van der Waals surface area (Å²) in [6.45, 7) is 1.01. The number of benzene rings is 1. The minimum absolute atomic E-state index is 0.121. The zero-order chi connectivity index (χ0) is 13.1. The second-order valence-electron chi connectivity index (χ2n) is 3.90. The molecule has 2 rings (SSSR count). The fraction of sp³-hybridized carbons (Fsp3) is 0.364. The van der Waals surface area contributed by atoms with Crippen LogP contribution in [0.2, 0.25) is 0 Å². The third-order valence-corrected chi connectivity index (χ3v) is 3.03. The van der Waals surface area contributed by atoms with Crippen molar-refractivity contribution in [2.75, 3.05) is 13.2 Å². The molecule has 0 bridgehead atoms. The van der Waals surface area contributed by atoms with Crippen molar-refractivity contribution in [3.63, 3.8) is 0 Å². The van der Waals surface area contributed by atoms with Crippen LogP contribution >= 0.6 is 15.9 Å². The molecular formula is C11H11BrN2O4. The summed E-state index contributed by atoms with van der Waals surface area (Å²) in [5.41, 5.74) is 0.128. The van der Waals surface area contributed by atoms with Crippen LogP contribution in [0.5, 0.6) is 0 Å². The number of carbonyl (C=O) groups excluding carboxylic acids is 1. The Hall–Kier alpha value is -1.47. The lowest BCUT2D eigenvalue weighted by Gasteiger charge is -2.25. The van der Waals surface area contributed by atoms with E-state index in [1.807, 2.05) is 0 Å². The van der Waals surface area contributed by atoms with Crippen molar-refractivity contribution >= 4 is 27.5 Å². The summed E-state index contributed by atoms with van der Waals surface area (Å²) in [5.74, 6) is -0.348. The maximum absolute atomic E-state index is 12.1. The highest BCUT2D eigenvalue weighted by Gasteiger charge is 2.21. The lowest BCUT2D eigenvalue weighted by atomic mass is 10.2. The lowest BCUT2D eigenvalue weighted by molar-refractivity contribution is -0.385. The Kier molecular flexibility index (Phi) is 3.93. The molecule has 1 saturated heterocycles. The van der Waals surface area contributed by atoms with Crippen LogP contribution in [0, 0.1) is 10.1 Å². The molecule has 1 fully saturated rings. The lowest BCUT2D eigenvalue weighted by Crippen LogP contribution is -2.35. The first-order chi connectivity index (χ1) is 8.58. The molecule has 0 radical (unpaired) electrons. The molecule has 1 aliphatic heterocycles. The van der Waals surface area contributed by atoms with Crippen molar-refractivity contribution in [1.82, 2.24) is 5.06 Å². The van der Waals surface area contributed by atoms with Crippen LogP contribution < -0.4 is 0 Å². The predicted molar refractivity (Wildman–Crippen MR) is 67.0 cm³/mol. The zero-order valence-electron chi connectivity index (χ0n) is 9.47. The number of nitro groups is 1. The summed E-state index contributed by atoms with van der Waals surface area (Å²) in [4.78, 5) is 27.5. The van der Waals surface area contributed by atoms with Crippen LogP contribution in [0.15, 0.2) is 22.7 Å². The van der Waals surface area contributed by atoms with Gasteiger partial charge in [0.05, 0.1) is 11.5 Å². The number of nitro benzene ring substituents is 1. The maximum Gasteiger partial charge on any atom is 0.277 e. The first-order valence-corrected chi connectivity index (χ1v) is 6.27. The topological polar surface area (TPSA) is 72.7 Å². The first-order valence-electron chi connectivity index (χ1n) is 5.47. The van der Waals surface area contributed by atoms with Crippen LogP contribution in [0.1, 0.15) is 23.2 Å². The van der Waals surface area contributed by atoms with Gasteiger partial charge in [-0.2, -0.15) is 0 Å². The Morgan fingerprint density at radius 1 is 1.39 bits per heavy atom. The Morgan fingerprint density at radius 2 is 2.17 bits per heavy atom. The van der Waals surface area contributed by atoms with Gasteiger partial charge >= 0.3 is 0 Å². The first kappa shape index (κ1) is 13.0. The summed E-state index contributed by atoms with van der Waals surface area (Å²) in [5, 5.41) is 12.0. The molecule has 1 aromatic carbocycles. The van der Waals surface area contributed by atoms with Crippen molar-refractivity contribution < 1.29 is 14.6 Å². The molecule has 18 heavy (non-hydrogen) atoms. The second kappa shape index (κ2) is 5.45. The van der Waals surface area contributed by atoms with Gasteiger partial charge < -0.3 is 0 Å². The summed E-state index contributed by atoms with van der Waals surface area (Å²) in [6.07, 6.45) is 1.80. The van der Waals surface area contributed by atoms with Gasteiger partial charge in [-0.05, 0) is 18.9 Å². The highest BCUT2D eigenvalue weighted by molar-refractivity contribution is 9.10. The van der Waals surface area contributed by atoms with Crippen molar-refractivity contribution in [2.45, 2.75) is 12.8 Å². The molecule has 0 saturated carbocycles. The van der Waals surface area contributed by atoms with Gasteiger partial charge in [0.1, 0.15) is 0 Å². The molecule has 0 atom stereocenters. The SMILES string of the molecule is O=C(c1cc(Br)cc([N+](=O)[O-])c1)N1CCCCO1. The van der Waals surface area contributed by atoms with Crippen LogP contribution in [-0.4, -0.2) is 29.0 Å². The number of rotatable bonds is 2. The summed E-state index contributed by atoms with van der Waals surface area (Å²) in [7, 11) is 0. The van der Waals surface area contributed by atoms with E-state index in [0.29, 0.717) is 17.6 Å². The molecule has 1 aromatic rings. The number of amides is 1. The molecule has 1 heterocycles. The fourth-order valence-electron chi connectivity index (χ4n) is 1.70. The number of carbonyl (C=O) groups is 1. The maximum atomic E-state index is 12.1. The molecule has 0 aromatic heterocycles. The third kappa shape index (κ3) is 2.85. The van der Waals surface area contributed by atoms with Gasteiger partial charge in [0, 0.05) is 28.7 Å². The van der Waals surface area contributed by atoms with Crippen molar-refractivity contribution in [3.8, 4) is 0 Å². The van der Waals surface area contributed by atoms with E-state index < -0.39 is 4.92 Å². The molecule has 1 amide bonds. The average molecular weight is 315 g/mol. The Morgan fingerprint density at radius 3 is 2.78 bits per heavy atom. The number of hydroxylamine groups is 2. The molecule has 0 unspecified atom stereocenters. The molecule has 6 nitrogen and oxygen atoms in total. The van der Waals surface area contributed by atoms with Crippen molar-refractivity contribution in [3.05, 3.63) is 38.3 Å². The normalized spacial score (nSPS) is 15.5. The van der Waals surface area contributed by atoms with E-state index in [9.17, 15) is 14.9 Å². The van der Waals surface area contributed by atoms with Crippen LogP contribution in [0.3, 0.4) is 0 Å². The highest BCUT2D eigenvalue weighted by atomic mass is 79.9. The van der Waals surface area contributed by atoms with E-state index >= 15 is 0 Å². The van der Waals surface area contributed by atoms with Gasteiger partial charge in [-0.1, -0.05) is 15.9 Å². The Bertz CT molecular complexity index is 486. The number of halogens is 1. The standard InChI is InChI=1S/C11H11BrN2O4/c12-9-5-8(6-10(7-9)14(16)17)11(15)13-3-1-2-4-18-13/h5-7H,1-4H2. The van der Waals surface area contributed by atoms with E-state index in [1.165, 1.54) is 17.2 Å². The van der Waals surface area contributed by atoms with E-state index in [1.54, 1.807) is 6.07 Å². The van der Waals surface area contributed by atoms with Crippen LogP contribution in [0.4, 0.5) is 5.69 Å². The molecule has 0 N–H and O–H groups in total. The Labute approximate surface area is 112 Å². The third-order valence-electron chi connectivity index (χ3n) is 2.57. The van der Waals surface area contributed by atoms with E-state index in [-0.39, 0.29) is 17.2 Å². The zero-order valence-corrected chi connectivity index (χ0v) is 11.1. The molecule has 7 heteroatoms. The number of nitrogens with zero attached hydrogens (tertiary/aromatic N) is 2. The average Bonchev–Trinajstić information content (AvgIpc) is 2.38. The van der Waals surface area contributed by atoms with Gasteiger partial charge in [0.2, 0.25) is 0 Å². The fourth-order valence-corrected chi connectivity index (χ4v) is 2.19. The summed E-state index contributed by atoms with van der Waals surface area (Å²) >= 11 is 3.16. The molecule has 0 spiro atoms. The van der Waals surface area contributed by atoms with Crippen LogP contribution in [-0.2, 0) is 4.84 Å². The number of non-ortho nitro benzene ring substituents is 1. The molecular weight excluding hydrogens is 304 g/mol. The summed E-state index contributed by atoms with van der Waals surface area (Å²) in [6, 6.07) is 4.16. The monoisotopic (exact) mass is 314 g/mol. The quantitative estimate of drug-likeness (QED) is 0.621. The largest absolute Gasteiger partial charge is 0.277 e. The van der Waals surface area contributed by atoms with Gasteiger partial charge in [-0.3, -0.25) is 19.7 Å².